The van der Waals surface area contributed by atoms with E-state index in [1.807, 2.05) is 6.07 Å². The third-order valence-corrected chi connectivity index (χ3v) is 3.36. The standard InChI is InChI=1S/C14H21N3O/c1-3-7-15-13-11(6-5-8-16-13)14(18)17-12-9-10(12)4-2/h5-6,8,10,12H,3-4,7,9H2,1-2H3,(H,15,16)(H,17,18). The van der Waals surface area contributed by atoms with Gasteiger partial charge in [0.2, 0.25) is 0 Å². The Morgan fingerprint density at radius 2 is 2.33 bits per heavy atom. The Bertz CT molecular complexity index is 419. The minimum atomic E-state index is -0.0114. The zero-order chi connectivity index (χ0) is 13.0. The summed E-state index contributed by atoms with van der Waals surface area (Å²) in [4.78, 5) is 16.4. The summed E-state index contributed by atoms with van der Waals surface area (Å²) >= 11 is 0. The van der Waals surface area contributed by atoms with Crippen LogP contribution in [0.1, 0.15) is 43.5 Å². The molecule has 1 aromatic heterocycles. The van der Waals surface area contributed by atoms with Crippen LogP contribution in [0.2, 0.25) is 0 Å². The van der Waals surface area contributed by atoms with Crippen LogP contribution < -0.4 is 10.6 Å². The second-order valence-corrected chi connectivity index (χ2v) is 4.81. The first-order valence-electron chi connectivity index (χ1n) is 6.76. The van der Waals surface area contributed by atoms with Gasteiger partial charge >= 0.3 is 0 Å². The molecule has 0 bridgehead atoms. The molecule has 1 aromatic rings. The van der Waals surface area contributed by atoms with Crippen LogP contribution in [-0.2, 0) is 0 Å². The molecule has 18 heavy (non-hydrogen) atoms. The molecule has 0 spiro atoms. The van der Waals surface area contributed by atoms with Crippen molar-refractivity contribution < 1.29 is 4.79 Å². The van der Waals surface area contributed by atoms with Gasteiger partial charge in [0.25, 0.3) is 5.91 Å². The van der Waals surface area contributed by atoms with Crippen molar-refractivity contribution in [3.05, 3.63) is 23.9 Å². The van der Waals surface area contributed by atoms with Gasteiger partial charge in [0.05, 0.1) is 5.56 Å². The van der Waals surface area contributed by atoms with E-state index in [0.29, 0.717) is 23.3 Å². The van der Waals surface area contributed by atoms with E-state index in [1.165, 1.54) is 0 Å². The fourth-order valence-electron chi connectivity index (χ4n) is 2.09. The van der Waals surface area contributed by atoms with E-state index >= 15 is 0 Å². The SMILES string of the molecule is CCCNc1ncccc1C(=O)NC1CC1CC. The molecule has 0 aromatic carbocycles. The summed E-state index contributed by atoms with van der Waals surface area (Å²) in [5.41, 5.74) is 0.646. The van der Waals surface area contributed by atoms with Crippen molar-refractivity contribution in [3.63, 3.8) is 0 Å². The molecule has 2 unspecified atom stereocenters. The molecule has 1 aliphatic carbocycles. The van der Waals surface area contributed by atoms with Gasteiger partial charge in [-0.15, -0.1) is 0 Å². The topological polar surface area (TPSA) is 54.0 Å². The second-order valence-electron chi connectivity index (χ2n) is 4.81. The van der Waals surface area contributed by atoms with Crippen LogP contribution in [0.5, 0.6) is 0 Å². The molecule has 4 nitrogen and oxygen atoms in total. The average molecular weight is 247 g/mol. The Morgan fingerprint density at radius 1 is 1.50 bits per heavy atom. The Labute approximate surface area is 108 Å². The average Bonchev–Trinajstić information content (AvgIpc) is 3.15. The largest absolute Gasteiger partial charge is 0.369 e. The third kappa shape index (κ3) is 3.00. The van der Waals surface area contributed by atoms with Crippen LogP contribution in [0.25, 0.3) is 0 Å². The molecular formula is C14H21N3O. The van der Waals surface area contributed by atoms with E-state index in [2.05, 4.69) is 29.5 Å². The number of carbonyl (C=O) groups is 1. The number of anilines is 1. The molecule has 0 aliphatic heterocycles. The minimum absolute atomic E-state index is 0.0114. The third-order valence-electron chi connectivity index (χ3n) is 3.36. The van der Waals surface area contributed by atoms with Gasteiger partial charge in [0.15, 0.2) is 0 Å². The molecule has 1 aliphatic rings. The van der Waals surface area contributed by atoms with Gasteiger partial charge in [-0.3, -0.25) is 4.79 Å². The summed E-state index contributed by atoms with van der Waals surface area (Å²) in [5.74, 6) is 1.34. The number of aromatic nitrogens is 1. The lowest BCUT2D eigenvalue weighted by Crippen LogP contribution is -2.28. The van der Waals surface area contributed by atoms with Gasteiger partial charge in [0.1, 0.15) is 5.82 Å². The number of nitrogens with one attached hydrogen (secondary N) is 2. The van der Waals surface area contributed by atoms with Crippen LogP contribution in [-0.4, -0.2) is 23.5 Å². The quantitative estimate of drug-likeness (QED) is 0.811. The molecule has 1 saturated carbocycles. The summed E-state index contributed by atoms with van der Waals surface area (Å²) in [6.45, 7) is 5.08. The van der Waals surface area contributed by atoms with Crippen molar-refractivity contribution in [3.8, 4) is 0 Å². The second kappa shape index (κ2) is 5.85. The molecule has 2 rings (SSSR count). The van der Waals surface area contributed by atoms with E-state index in [-0.39, 0.29) is 5.91 Å². The molecule has 2 N–H and O–H groups in total. The van der Waals surface area contributed by atoms with E-state index in [0.717, 1.165) is 25.8 Å². The van der Waals surface area contributed by atoms with Crippen LogP contribution >= 0.6 is 0 Å². The Morgan fingerprint density at radius 3 is 3.00 bits per heavy atom. The Hall–Kier alpha value is -1.58. The van der Waals surface area contributed by atoms with Crippen LogP contribution in [0.15, 0.2) is 18.3 Å². The molecule has 1 amide bonds. The summed E-state index contributed by atoms with van der Waals surface area (Å²) in [6, 6.07) is 3.99. The van der Waals surface area contributed by atoms with Crippen molar-refractivity contribution in [1.29, 1.82) is 0 Å². The molecule has 4 heteroatoms. The van der Waals surface area contributed by atoms with Crippen molar-refractivity contribution in [2.75, 3.05) is 11.9 Å². The Balaban J connectivity index is 2.00. The van der Waals surface area contributed by atoms with Gasteiger partial charge in [-0.25, -0.2) is 4.98 Å². The molecular weight excluding hydrogens is 226 g/mol. The fourth-order valence-corrected chi connectivity index (χ4v) is 2.09. The van der Waals surface area contributed by atoms with Gasteiger partial charge in [0, 0.05) is 18.8 Å². The van der Waals surface area contributed by atoms with Crippen LogP contribution in [0.3, 0.4) is 0 Å². The predicted octanol–water partition coefficient (Wildman–Crippen LogP) is 2.43. The maximum absolute atomic E-state index is 12.1. The lowest BCUT2D eigenvalue weighted by Gasteiger charge is -2.10. The number of carbonyl (C=O) groups excluding carboxylic acids is 1. The van der Waals surface area contributed by atoms with Crippen LogP contribution in [0.4, 0.5) is 5.82 Å². The summed E-state index contributed by atoms with van der Waals surface area (Å²) in [6.07, 6.45) is 4.97. The number of pyridine rings is 1. The monoisotopic (exact) mass is 247 g/mol. The first kappa shape index (κ1) is 12.9. The molecule has 0 saturated heterocycles. The summed E-state index contributed by atoms with van der Waals surface area (Å²) in [5, 5.41) is 6.26. The van der Waals surface area contributed by atoms with Gasteiger partial charge in [-0.1, -0.05) is 20.3 Å². The zero-order valence-corrected chi connectivity index (χ0v) is 11.1. The van der Waals surface area contributed by atoms with E-state index < -0.39 is 0 Å². The predicted molar refractivity (Wildman–Crippen MR) is 72.7 cm³/mol. The minimum Gasteiger partial charge on any atom is -0.369 e. The molecule has 1 fully saturated rings. The summed E-state index contributed by atoms with van der Waals surface area (Å²) in [7, 11) is 0. The van der Waals surface area contributed by atoms with Crippen LogP contribution in [0, 0.1) is 5.92 Å². The molecule has 98 valence electrons. The molecule has 0 radical (unpaired) electrons. The lowest BCUT2D eigenvalue weighted by molar-refractivity contribution is 0.0949. The number of amides is 1. The molecule has 1 heterocycles. The first-order valence-corrected chi connectivity index (χ1v) is 6.76. The number of hydrogen-bond donors (Lipinski definition) is 2. The van der Waals surface area contributed by atoms with Gasteiger partial charge < -0.3 is 10.6 Å². The van der Waals surface area contributed by atoms with Crippen molar-refractivity contribution in [2.45, 2.75) is 39.2 Å². The van der Waals surface area contributed by atoms with Gasteiger partial charge in [-0.2, -0.15) is 0 Å². The highest BCUT2D eigenvalue weighted by atomic mass is 16.1. The van der Waals surface area contributed by atoms with Crippen molar-refractivity contribution in [2.24, 2.45) is 5.92 Å². The first-order chi connectivity index (χ1) is 8.76. The Kier molecular flexibility index (Phi) is 4.18. The number of rotatable bonds is 6. The highest BCUT2D eigenvalue weighted by molar-refractivity contribution is 5.99. The van der Waals surface area contributed by atoms with E-state index in [9.17, 15) is 4.79 Å². The normalized spacial score (nSPS) is 21.4. The fraction of sp³-hybridized carbons (Fsp3) is 0.571. The van der Waals surface area contributed by atoms with Gasteiger partial charge in [-0.05, 0) is 30.9 Å². The maximum Gasteiger partial charge on any atom is 0.255 e. The van der Waals surface area contributed by atoms with E-state index in [1.54, 1.807) is 12.3 Å². The summed E-state index contributed by atoms with van der Waals surface area (Å²) < 4.78 is 0. The highest BCUT2D eigenvalue weighted by Gasteiger charge is 2.36. The zero-order valence-electron chi connectivity index (χ0n) is 11.1. The van der Waals surface area contributed by atoms with Crippen molar-refractivity contribution >= 4 is 11.7 Å². The number of nitrogens with zero attached hydrogens (tertiary/aromatic N) is 1. The lowest BCUT2D eigenvalue weighted by atomic mass is 10.2. The maximum atomic E-state index is 12.1. The van der Waals surface area contributed by atoms with E-state index in [4.69, 9.17) is 0 Å². The smallest absolute Gasteiger partial charge is 0.255 e. The van der Waals surface area contributed by atoms with Crippen molar-refractivity contribution in [1.82, 2.24) is 10.3 Å². The number of hydrogen-bond acceptors (Lipinski definition) is 3. The highest BCUT2D eigenvalue weighted by Crippen LogP contribution is 2.33. The molecule has 2 atom stereocenters.